The molecule has 1 aromatic carbocycles. The summed E-state index contributed by atoms with van der Waals surface area (Å²) in [6.45, 7) is 1.33. The Kier molecular flexibility index (Phi) is 3.92. The first-order valence-electron chi connectivity index (χ1n) is 5.24. The van der Waals surface area contributed by atoms with Crippen molar-refractivity contribution in [3.8, 4) is 5.75 Å². The first kappa shape index (κ1) is 13.6. The summed E-state index contributed by atoms with van der Waals surface area (Å²) in [4.78, 5) is 26.5. The van der Waals surface area contributed by atoms with Crippen LogP contribution in [0.1, 0.15) is 12.5 Å². The molecule has 1 aliphatic heterocycles. The van der Waals surface area contributed by atoms with E-state index in [1.165, 1.54) is 25.1 Å². The number of carbonyl (C=O) groups excluding carboxylic acids is 2. The van der Waals surface area contributed by atoms with Crippen LogP contribution in [0.3, 0.4) is 0 Å². The maximum Gasteiger partial charge on any atom is 0.286 e. The summed E-state index contributed by atoms with van der Waals surface area (Å²) in [5, 5.41) is 12.8. The molecular weight excluding hydrogens is 288 g/mol. The standard InChI is InChI=1S/C12H9ClN2O3S/c1-6(16)14-12-15-11(18)10(19-12)5-7-4-8(13)2-3-9(7)17/h2-5,17H,1H3,(H,14,15,16,18)/b10-5-. The minimum Gasteiger partial charge on any atom is -0.507 e. The van der Waals surface area contributed by atoms with Gasteiger partial charge in [-0.2, -0.15) is 4.99 Å². The van der Waals surface area contributed by atoms with Gasteiger partial charge in [-0.1, -0.05) is 11.6 Å². The Morgan fingerprint density at radius 1 is 1.53 bits per heavy atom. The fourth-order valence-electron chi connectivity index (χ4n) is 1.40. The smallest absolute Gasteiger partial charge is 0.286 e. The fraction of sp³-hybridized carbons (Fsp3) is 0.0833. The quantitative estimate of drug-likeness (QED) is 0.778. The molecule has 0 unspecified atom stereocenters. The van der Waals surface area contributed by atoms with Crippen molar-refractivity contribution in [3.05, 3.63) is 33.7 Å². The maximum atomic E-state index is 11.6. The number of thioether (sulfide) groups is 1. The van der Waals surface area contributed by atoms with Gasteiger partial charge in [-0.3, -0.25) is 9.59 Å². The SMILES string of the molecule is CC(=O)NC1=NC(=O)/C(=C/c2cc(Cl)ccc2O)S1. The number of halogens is 1. The molecule has 7 heteroatoms. The fourth-order valence-corrected chi connectivity index (χ4v) is 2.43. The minimum atomic E-state index is -0.465. The van der Waals surface area contributed by atoms with Gasteiger partial charge in [-0.25, -0.2) is 0 Å². The third kappa shape index (κ3) is 3.36. The molecule has 5 nitrogen and oxygen atoms in total. The Bertz CT molecular complexity index is 625. The van der Waals surface area contributed by atoms with Gasteiger partial charge in [-0.05, 0) is 36.0 Å². The second kappa shape index (κ2) is 5.46. The van der Waals surface area contributed by atoms with Crippen LogP contribution in [0.15, 0.2) is 28.1 Å². The first-order chi connectivity index (χ1) is 8.95. The summed E-state index contributed by atoms with van der Waals surface area (Å²) < 4.78 is 0. The Labute approximate surface area is 118 Å². The number of phenols is 1. The van der Waals surface area contributed by atoms with Crippen molar-refractivity contribution >= 4 is 46.4 Å². The molecule has 0 bridgehead atoms. The highest BCUT2D eigenvalue weighted by atomic mass is 35.5. The minimum absolute atomic E-state index is 0.0123. The van der Waals surface area contributed by atoms with E-state index in [-0.39, 0.29) is 16.8 Å². The van der Waals surface area contributed by atoms with Crippen molar-refractivity contribution in [2.24, 2.45) is 4.99 Å². The van der Waals surface area contributed by atoms with E-state index in [4.69, 9.17) is 11.6 Å². The third-order valence-electron chi connectivity index (χ3n) is 2.18. The van der Waals surface area contributed by atoms with E-state index in [9.17, 15) is 14.7 Å². The molecule has 2 amide bonds. The molecule has 0 saturated heterocycles. The van der Waals surface area contributed by atoms with E-state index in [1.54, 1.807) is 6.07 Å². The van der Waals surface area contributed by atoms with Crippen LogP contribution in [0.5, 0.6) is 5.75 Å². The Hall–Kier alpha value is -1.79. The van der Waals surface area contributed by atoms with Crippen molar-refractivity contribution < 1.29 is 14.7 Å². The van der Waals surface area contributed by atoms with Gasteiger partial charge in [0, 0.05) is 17.5 Å². The number of phenolic OH excluding ortho intramolecular Hbond substituents is 1. The molecule has 0 atom stereocenters. The predicted molar refractivity (Wildman–Crippen MR) is 74.9 cm³/mol. The zero-order valence-corrected chi connectivity index (χ0v) is 11.4. The molecule has 2 rings (SSSR count). The molecule has 0 radical (unpaired) electrons. The molecule has 0 saturated carbocycles. The number of carbonyl (C=O) groups is 2. The molecule has 1 aromatic rings. The number of amidine groups is 1. The van der Waals surface area contributed by atoms with Crippen LogP contribution < -0.4 is 5.32 Å². The Morgan fingerprint density at radius 3 is 2.95 bits per heavy atom. The lowest BCUT2D eigenvalue weighted by molar-refractivity contribution is -0.117. The van der Waals surface area contributed by atoms with Crippen LogP contribution in [0.25, 0.3) is 6.08 Å². The molecule has 0 spiro atoms. The number of benzene rings is 1. The van der Waals surface area contributed by atoms with E-state index in [0.717, 1.165) is 11.8 Å². The second-order valence-electron chi connectivity index (χ2n) is 3.72. The van der Waals surface area contributed by atoms with Gasteiger partial charge in [0.15, 0.2) is 5.17 Å². The largest absolute Gasteiger partial charge is 0.507 e. The number of hydrogen-bond acceptors (Lipinski definition) is 4. The van der Waals surface area contributed by atoms with E-state index in [1.807, 2.05) is 0 Å². The van der Waals surface area contributed by atoms with Crippen molar-refractivity contribution in [2.75, 3.05) is 0 Å². The molecule has 1 heterocycles. The van der Waals surface area contributed by atoms with Crippen molar-refractivity contribution in [1.82, 2.24) is 5.32 Å². The van der Waals surface area contributed by atoms with Crippen molar-refractivity contribution in [2.45, 2.75) is 6.92 Å². The summed E-state index contributed by atoms with van der Waals surface area (Å²) in [5.41, 5.74) is 0.419. The highest BCUT2D eigenvalue weighted by Gasteiger charge is 2.22. The third-order valence-corrected chi connectivity index (χ3v) is 3.31. The molecule has 0 fully saturated rings. The number of rotatable bonds is 1. The van der Waals surface area contributed by atoms with Gasteiger partial charge in [0.05, 0.1) is 4.91 Å². The molecule has 98 valence electrons. The predicted octanol–water partition coefficient (Wildman–Crippen LogP) is 2.15. The highest BCUT2D eigenvalue weighted by Crippen LogP contribution is 2.31. The van der Waals surface area contributed by atoms with Crippen LogP contribution in [-0.4, -0.2) is 22.1 Å². The van der Waals surface area contributed by atoms with Gasteiger partial charge < -0.3 is 10.4 Å². The molecule has 1 aliphatic rings. The van der Waals surface area contributed by atoms with Crippen LogP contribution in [0.2, 0.25) is 5.02 Å². The Morgan fingerprint density at radius 2 is 2.26 bits per heavy atom. The van der Waals surface area contributed by atoms with Gasteiger partial charge in [0.25, 0.3) is 5.91 Å². The zero-order valence-electron chi connectivity index (χ0n) is 9.81. The summed E-state index contributed by atoms with van der Waals surface area (Å²) in [6, 6.07) is 4.52. The number of nitrogens with one attached hydrogen (secondary N) is 1. The average molecular weight is 297 g/mol. The summed E-state index contributed by atoms with van der Waals surface area (Å²) >= 11 is 6.85. The molecular formula is C12H9ClN2O3S. The maximum absolute atomic E-state index is 11.6. The van der Waals surface area contributed by atoms with Gasteiger partial charge in [-0.15, -0.1) is 0 Å². The number of amides is 2. The zero-order chi connectivity index (χ0) is 14.0. The van der Waals surface area contributed by atoms with Crippen molar-refractivity contribution in [3.63, 3.8) is 0 Å². The van der Waals surface area contributed by atoms with Crippen LogP contribution >= 0.6 is 23.4 Å². The van der Waals surface area contributed by atoms with E-state index in [0.29, 0.717) is 15.5 Å². The van der Waals surface area contributed by atoms with Crippen LogP contribution in [0.4, 0.5) is 0 Å². The first-order valence-corrected chi connectivity index (χ1v) is 6.44. The van der Waals surface area contributed by atoms with Gasteiger partial charge in [0.1, 0.15) is 5.75 Å². The summed E-state index contributed by atoms with van der Waals surface area (Å²) in [5.74, 6) is -0.752. The lowest BCUT2D eigenvalue weighted by atomic mass is 10.2. The molecule has 0 aliphatic carbocycles. The normalized spacial score (nSPS) is 16.6. The highest BCUT2D eigenvalue weighted by molar-refractivity contribution is 8.18. The Balaban J connectivity index is 2.25. The van der Waals surface area contributed by atoms with E-state index in [2.05, 4.69) is 10.3 Å². The van der Waals surface area contributed by atoms with E-state index >= 15 is 0 Å². The number of nitrogens with zero attached hydrogens (tertiary/aromatic N) is 1. The average Bonchev–Trinajstić information content (AvgIpc) is 2.63. The van der Waals surface area contributed by atoms with Crippen LogP contribution in [-0.2, 0) is 9.59 Å². The molecule has 19 heavy (non-hydrogen) atoms. The topological polar surface area (TPSA) is 78.8 Å². The number of aromatic hydroxyl groups is 1. The van der Waals surface area contributed by atoms with E-state index < -0.39 is 5.91 Å². The van der Waals surface area contributed by atoms with Crippen molar-refractivity contribution in [1.29, 1.82) is 0 Å². The number of hydrogen-bond donors (Lipinski definition) is 2. The second-order valence-corrected chi connectivity index (χ2v) is 5.18. The lowest BCUT2D eigenvalue weighted by Gasteiger charge is -2.01. The molecule has 0 aromatic heterocycles. The summed E-state index contributed by atoms with van der Waals surface area (Å²) in [7, 11) is 0. The molecule has 2 N–H and O–H groups in total. The van der Waals surface area contributed by atoms with Gasteiger partial charge in [0.2, 0.25) is 5.91 Å². The van der Waals surface area contributed by atoms with Gasteiger partial charge >= 0.3 is 0 Å². The lowest BCUT2D eigenvalue weighted by Crippen LogP contribution is -2.23. The van der Waals surface area contributed by atoms with Crippen LogP contribution in [0, 0.1) is 0 Å². The monoisotopic (exact) mass is 296 g/mol. The summed E-state index contributed by atoms with van der Waals surface area (Å²) in [6.07, 6.45) is 1.48. The number of aliphatic imine (C=N–C) groups is 1.